The number of nitrogens with zero attached hydrogens (tertiary/aromatic N) is 1. The Morgan fingerprint density at radius 3 is 2.32 bits per heavy atom. The van der Waals surface area contributed by atoms with Gasteiger partial charge in [0.15, 0.2) is 0 Å². The van der Waals surface area contributed by atoms with Gasteiger partial charge in [0, 0.05) is 12.1 Å². The zero-order valence-electron chi connectivity index (χ0n) is 13.3. The molecule has 0 radical (unpaired) electrons. The van der Waals surface area contributed by atoms with E-state index in [2.05, 4.69) is 31.0 Å². The number of hydrogen-bond donors (Lipinski definition) is 1. The Balaban J connectivity index is 1.68. The van der Waals surface area contributed by atoms with Crippen LogP contribution in [0.25, 0.3) is 0 Å². The normalized spacial score (nSPS) is 25.4. The lowest BCUT2D eigenvalue weighted by Gasteiger charge is -2.36. The predicted molar refractivity (Wildman–Crippen MR) is 83.5 cm³/mol. The fourth-order valence-electron chi connectivity index (χ4n) is 3.61. The van der Waals surface area contributed by atoms with Crippen molar-refractivity contribution >= 4 is 0 Å². The first kappa shape index (κ1) is 15.3. The summed E-state index contributed by atoms with van der Waals surface area (Å²) in [4.78, 5) is 2.64. The molecular formula is C17H34N2. The number of nitrogens with one attached hydrogen (secondary N) is 1. The predicted octanol–water partition coefficient (Wildman–Crippen LogP) is 3.67. The summed E-state index contributed by atoms with van der Waals surface area (Å²) in [5.74, 6) is 1.96. The third-order valence-electron chi connectivity index (χ3n) is 5.19. The van der Waals surface area contributed by atoms with Crippen LogP contribution in [0.3, 0.4) is 0 Å². The Morgan fingerprint density at radius 2 is 1.79 bits per heavy atom. The number of hydrogen-bond acceptors (Lipinski definition) is 2. The molecule has 1 heterocycles. The molecule has 1 N–H and O–H groups in total. The van der Waals surface area contributed by atoms with E-state index in [-0.39, 0.29) is 0 Å². The van der Waals surface area contributed by atoms with Crippen LogP contribution in [0.4, 0.5) is 0 Å². The largest absolute Gasteiger partial charge is 0.311 e. The van der Waals surface area contributed by atoms with E-state index >= 15 is 0 Å². The average molecular weight is 266 g/mol. The van der Waals surface area contributed by atoms with Crippen molar-refractivity contribution in [3.8, 4) is 0 Å². The van der Waals surface area contributed by atoms with Gasteiger partial charge in [-0.3, -0.25) is 0 Å². The van der Waals surface area contributed by atoms with Crippen molar-refractivity contribution in [3.63, 3.8) is 0 Å². The first-order chi connectivity index (χ1) is 9.22. The Morgan fingerprint density at radius 1 is 1.11 bits per heavy atom. The van der Waals surface area contributed by atoms with Crippen LogP contribution in [-0.2, 0) is 0 Å². The lowest BCUT2D eigenvalue weighted by molar-refractivity contribution is 0.157. The maximum Gasteiger partial charge on any atom is 0.00705 e. The summed E-state index contributed by atoms with van der Waals surface area (Å²) in [6, 6.07) is 1.49. The van der Waals surface area contributed by atoms with Gasteiger partial charge in [0.25, 0.3) is 0 Å². The Kier molecular flexibility index (Phi) is 6.15. The molecule has 2 rings (SSSR count). The smallest absolute Gasteiger partial charge is 0.00705 e. The third kappa shape index (κ3) is 5.07. The first-order valence-electron chi connectivity index (χ1n) is 8.71. The van der Waals surface area contributed by atoms with Crippen molar-refractivity contribution in [2.45, 2.75) is 77.8 Å². The second-order valence-corrected chi connectivity index (χ2v) is 6.92. The molecule has 0 aromatic carbocycles. The van der Waals surface area contributed by atoms with E-state index in [4.69, 9.17) is 0 Å². The molecule has 0 bridgehead atoms. The molecule has 2 fully saturated rings. The molecule has 19 heavy (non-hydrogen) atoms. The van der Waals surface area contributed by atoms with Crippen molar-refractivity contribution < 1.29 is 0 Å². The highest BCUT2D eigenvalue weighted by atomic mass is 15.1. The third-order valence-corrected chi connectivity index (χ3v) is 5.19. The molecule has 1 aliphatic heterocycles. The molecule has 2 atom stereocenters. The van der Waals surface area contributed by atoms with Gasteiger partial charge in [-0.25, -0.2) is 0 Å². The molecule has 1 aliphatic carbocycles. The van der Waals surface area contributed by atoms with Crippen LogP contribution in [-0.4, -0.2) is 36.6 Å². The van der Waals surface area contributed by atoms with E-state index in [1.165, 1.54) is 64.6 Å². The van der Waals surface area contributed by atoms with Gasteiger partial charge in [-0.05, 0) is 70.5 Å². The van der Waals surface area contributed by atoms with Crippen LogP contribution >= 0.6 is 0 Å². The highest BCUT2D eigenvalue weighted by Gasteiger charge is 2.28. The zero-order valence-corrected chi connectivity index (χ0v) is 13.3. The summed E-state index contributed by atoms with van der Waals surface area (Å²) in [6.45, 7) is 11.0. The minimum Gasteiger partial charge on any atom is -0.311 e. The van der Waals surface area contributed by atoms with Gasteiger partial charge in [-0.15, -0.1) is 0 Å². The van der Waals surface area contributed by atoms with Gasteiger partial charge in [0.1, 0.15) is 0 Å². The highest BCUT2D eigenvalue weighted by molar-refractivity contribution is 4.85. The molecule has 2 unspecified atom stereocenters. The quantitative estimate of drug-likeness (QED) is 0.721. The van der Waals surface area contributed by atoms with Crippen LogP contribution in [0.1, 0.15) is 65.7 Å². The fourth-order valence-corrected chi connectivity index (χ4v) is 3.61. The van der Waals surface area contributed by atoms with E-state index in [9.17, 15) is 0 Å². The van der Waals surface area contributed by atoms with Gasteiger partial charge in [0.05, 0.1) is 0 Å². The van der Waals surface area contributed by atoms with Crippen LogP contribution in [0.5, 0.6) is 0 Å². The minimum atomic E-state index is 0.715. The van der Waals surface area contributed by atoms with Crippen LogP contribution in [0, 0.1) is 11.8 Å². The Labute approximate surface area is 120 Å². The number of likely N-dealkylation sites (tertiary alicyclic amines) is 1. The lowest BCUT2D eigenvalue weighted by atomic mass is 9.89. The molecule has 112 valence electrons. The fraction of sp³-hybridized carbons (Fsp3) is 1.00. The molecule has 0 spiro atoms. The van der Waals surface area contributed by atoms with Crippen molar-refractivity contribution in [1.29, 1.82) is 0 Å². The van der Waals surface area contributed by atoms with Crippen molar-refractivity contribution in [2.75, 3.05) is 19.6 Å². The average Bonchev–Trinajstić information content (AvgIpc) is 3.23. The Bertz CT molecular complexity index is 242. The van der Waals surface area contributed by atoms with Crippen molar-refractivity contribution in [1.82, 2.24) is 10.2 Å². The topological polar surface area (TPSA) is 15.3 Å². The molecular weight excluding hydrogens is 232 g/mol. The summed E-state index contributed by atoms with van der Waals surface area (Å²) in [6.07, 6.45) is 9.80. The summed E-state index contributed by atoms with van der Waals surface area (Å²) < 4.78 is 0. The van der Waals surface area contributed by atoms with Gasteiger partial charge >= 0.3 is 0 Å². The second-order valence-electron chi connectivity index (χ2n) is 6.92. The van der Waals surface area contributed by atoms with Crippen molar-refractivity contribution in [2.24, 2.45) is 11.8 Å². The van der Waals surface area contributed by atoms with Gasteiger partial charge in [0.2, 0.25) is 0 Å². The van der Waals surface area contributed by atoms with Gasteiger partial charge < -0.3 is 10.2 Å². The maximum atomic E-state index is 3.94. The molecule has 2 nitrogen and oxygen atoms in total. The molecule has 1 saturated carbocycles. The van der Waals surface area contributed by atoms with Crippen LogP contribution in [0.15, 0.2) is 0 Å². The maximum absolute atomic E-state index is 3.94. The van der Waals surface area contributed by atoms with E-state index in [0.717, 1.165) is 17.9 Å². The van der Waals surface area contributed by atoms with E-state index in [1.807, 2.05) is 0 Å². The molecule has 0 amide bonds. The van der Waals surface area contributed by atoms with E-state index in [1.54, 1.807) is 0 Å². The molecule has 0 aromatic rings. The number of piperidine rings is 1. The minimum absolute atomic E-state index is 0.715. The molecule has 0 aromatic heterocycles. The first-order valence-corrected chi connectivity index (χ1v) is 8.71. The van der Waals surface area contributed by atoms with E-state index < -0.39 is 0 Å². The molecule has 2 heteroatoms. The monoisotopic (exact) mass is 266 g/mol. The lowest BCUT2D eigenvalue weighted by Crippen LogP contribution is -2.45. The SMILES string of the molecule is CCCN1CCC(C(C)NC(CC)CC2CC2)CC1. The Hall–Kier alpha value is -0.0800. The highest BCUT2D eigenvalue weighted by Crippen LogP contribution is 2.34. The molecule has 1 saturated heterocycles. The van der Waals surface area contributed by atoms with Gasteiger partial charge in [-0.1, -0.05) is 26.7 Å². The van der Waals surface area contributed by atoms with Crippen molar-refractivity contribution in [3.05, 3.63) is 0 Å². The zero-order chi connectivity index (χ0) is 13.7. The van der Waals surface area contributed by atoms with E-state index in [0.29, 0.717) is 6.04 Å². The summed E-state index contributed by atoms with van der Waals surface area (Å²) in [7, 11) is 0. The summed E-state index contributed by atoms with van der Waals surface area (Å²) in [5, 5.41) is 3.94. The number of rotatable bonds is 8. The summed E-state index contributed by atoms with van der Waals surface area (Å²) in [5.41, 5.74) is 0. The summed E-state index contributed by atoms with van der Waals surface area (Å²) >= 11 is 0. The standard InChI is InChI=1S/C17H34N2/c1-4-10-19-11-8-16(9-12-19)14(3)18-17(5-2)13-15-6-7-15/h14-18H,4-13H2,1-3H3. The van der Waals surface area contributed by atoms with Gasteiger partial charge in [-0.2, -0.15) is 0 Å². The van der Waals surface area contributed by atoms with Crippen LogP contribution < -0.4 is 5.32 Å². The molecule has 2 aliphatic rings. The van der Waals surface area contributed by atoms with Crippen LogP contribution in [0.2, 0.25) is 0 Å². The second kappa shape index (κ2) is 7.64.